The first-order valence-electron chi connectivity index (χ1n) is 9.98. The molecule has 0 radical (unpaired) electrons. The van der Waals surface area contributed by atoms with Gasteiger partial charge in [-0.15, -0.1) is 0 Å². The average Bonchev–Trinajstić information content (AvgIpc) is 2.98. The Hall–Kier alpha value is -3.08. The molecule has 1 atom stereocenters. The van der Waals surface area contributed by atoms with E-state index in [1.807, 2.05) is 37.3 Å². The van der Waals surface area contributed by atoms with E-state index in [0.29, 0.717) is 23.4 Å². The summed E-state index contributed by atoms with van der Waals surface area (Å²) in [7, 11) is 1.56. The summed E-state index contributed by atoms with van der Waals surface area (Å²) in [5.41, 5.74) is 2.36. The normalized spacial score (nSPS) is 18.3. The molecule has 3 rings (SSSR count). The molecule has 0 bridgehead atoms. The number of amides is 1. The number of rotatable bonds is 7. The van der Waals surface area contributed by atoms with E-state index in [4.69, 9.17) is 4.74 Å². The molecule has 1 aliphatic heterocycles. The molecule has 0 saturated carbocycles. The highest BCUT2D eigenvalue weighted by molar-refractivity contribution is 6.46. The lowest BCUT2D eigenvalue weighted by Crippen LogP contribution is -2.30. The number of aliphatic hydroxyl groups excluding tert-OH is 1. The van der Waals surface area contributed by atoms with Crippen molar-refractivity contribution < 1.29 is 19.4 Å². The van der Waals surface area contributed by atoms with E-state index in [1.54, 1.807) is 30.2 Å². The van der Waals surface area contributed by atoms with Crippen LogP contribution in [0.2, 0.25) is 0 Å². The predicted molar refractivity (Wildman–Crippen MR) is 113 cm³/mol. The first kappa shape index (κ1) is 20.6. The Morgan fingerprint density at radius 1 is 1.07 bits per heavy atom. The number of carbonyl (C=O) groups is 2. The standard InChI is InChI=1S/C24H27NO4/c1-4-5-8-15-25-21(18-9-6-7-10-19(18)29-3)20(23(27)24(25)28)22(26)17-13-11-16(2)12-14-17/h6-7,9-14,21,26H,4-5,8,15H2,1-3H3/b22-20-. The maximum Gasteiger partial charge on any atom is 0.295 e. The Balaban J connectivity index is 2.16. The topological polar surface area (TPSA) is 66.8 Å². The summed E-state index contributed by atoms with van der Waals surface area (Å²) >= 11 is 0. The van der Waals surface area contributed by atoms with Crippen LogP contribution in [0.4, 0.5) is 0 Å². The van der Waals surface area contributed by atoms with E-state index < -0.39 is 17.7 Å². The molecule has 0 aliphatic carbocycles. The molecule has 1 fully saturated rings. The van der Waals surface area contributed by atoms with E-state index in [2.05, 4.69) is 6.92 Å². The molecule has 1 aliphatic rings. The Morgan fingerprint density at radius 2 is 1.76 bits per heavy atom. The molecule has 1 amide bonds. The number of unbranched alkanes of at least 4 members (excludes halogenated alkanes) is 2. The van der Waals surface area contributed by atoms with Gasteiger partial charge in [-0.1, -0.05) is 67.8 Å². The predicted octanol–water partition coefficient (Wildman–Crippen LogP) is 4.62. The van der Waals surface area contributed by atoms with Crippen molar-refractivity contribution in [2.75, 3.05) is 13.7 Å². The van der Waals surface area contributed by atoms with Gasteiger partial charge in [-0.2, -0.15) is 0 Å². The monoisotopic (exact) mass is 393 g/mol. The van der Waals surface area contributed by atoms with Crippen LogP contribution in [0, 0.1) is 6.92 Å². The van der Waals surface area contributed by atoms with Gasteiger partial charge in [-0.25, -0.2) is 0 Å². The van der Waals surface area contributed by atoms with Gasteiger partial charge in [-0.3, -0.25) is 9.59 Å². The number of aliphatic hydroxyl groups is 1. The molecular formula is C24H27NO4. The fourth-order valence-electron chi connectivity index (χ4n) is 3.73. The Kier molecular flexibility index (Phi) is 6.37. The number of benzene rings is 2. The second-order valence-corrected chi connectivity index (χ2v) is 7.31. The molecule has 1 saturated heterocycles. The van der Waals surface area contributed by atoms with E-state index in [0.717, 1.165) is 24.8 Å². The summed E-state index contributed by atoms with van der Waals surface area (Å²) in [6.45, 7) is 4.49. The summed E-state index contributed by atoms with van der Waals surface area (Å²) in [4.78, 5) is 27.4. The molecular weight excluding hydrogens is 366 g/mol. The van der Waals surface area contributed by atoms with Gasteiger partial charge in [0.05, 0.1) is 18.7 Å². The van der Waals surface area contributed by atoms with Crippen LogP contribution < -0.4 is 4.74 Å². The van der Waals surface area contributed by atoms with Gasteiger partial charge in [0, 0.05) is 17.7 Å². The third-order valence-electron chi connectivity index (χ3n) is 5.30. The van der Waals surface area contributed by atoms with E-state index in [9.17, 15) is 14.7 Å². The van der Waals surface area contributed by atoms with Crippen LogP contribution in [0.1, 0.15) is 48.9 Å². The van der Waals surface area contributed by atoms with E-state index >= 15 is 0 Å². The largest absolute Gasteiger partial charge is 0.507 e. The van der Waals surface area contributed by atoms with Crippen LogP contribution in [-0.2, 0) is 9.59 Å². The fraction of sp³-hybridized carbons (Fsp3) is 0.333. The lowest BCUT2D eigenvalue weighted by atomic mass is 9.94. The second-order valence-electron chi connectivity index (χ2n) is 7.31. The maximum atomic E-state index is 13.0. The number of hydrogen-bond acceptors (Lipinski definition) is 4. The minimum Gasteiger partial charge on any atom is -0.507 e. The van der Waals surface area contributed by atoms with Crippen molar-refractivity contribution in [2.24, 2.45) is 0 Å². The van der Waals surface area contributed by atoms with Crippen molar-refractivity contribution in [3.63, 3.8) is 0 Å². The number of Topliss-reactive ketones (excluding diaryl/α,β-unsaturated/α-hetero) is 1. The van der Waals surface area contributed by atoms with Crippen LogP contribution in [0.3, 0.4) is 0 Å². The number of ketones is 1. The molecule has 2 aromatic rings. The van der Waals surface area contributed by atoms with Crippen LogP contribution in [0.15, 0.2) is 54.1 Å². The smallest absolute Gasteiger partial charge is 0.295 e. The summed E-state index contributed by atoms with van der Waals surface area (Å²) in [5.74, 6) is -0.812. The van der Waals surface area contributed by atoms with Gasteiger partial charge in [0.1, 0.15) is 11.5 Å². The van der Waals surface area contributed by atoms with Gasteiger partial charge in [-0.05, 0) is 19.4 Å². The highest BCUT2D eigenvalue weighted by atomic mass is 16.5. The zero-order valence-corrected chi connectivity index (χ0v) is 17.1. The van der Waals surface area contributed by atoms with E-state index in [-0.39, 0.29) is 11.3 Å². The minimum absolute atomic E-state index is 0.111. The number of aryl methyl sites for hydroxylation is 1. The average molecular weight is 393 g/mol. The number of nitrogens with zero attached hydrogens (tertiary/aromatic N) is 1. The lowest BCUT2D eigenvalue weighted by Gasteiger charge is -2.26. The van der Waals surface area contributed by atoms with Crippen molar-refractivity contribution in [1.29, 1.82) is 0 Å². The molecule has 5 heteroatoms. The third kappa shape index (κ3) is 4.04. The first-order valence-corrected chi connectivity index (χ1v) is 9.98. The Bertz CT molecular complexity index is 930. The maximum absolute atomic E-state index is 13.0. The van der Waals surface area contributed by atoms with Crippen molar-refractivity contribution in [1.82, 2.24) is 4.90 Å². The highest BCUT2D eigenvalue weighted by Crippen LogP contribution is 2.42. The second kappa shape index (κ2) is 8.95. The minimum atomic E-state index is -0.677. The van der Waals surface area contributed by atoms with Gasteiger partial charge in [0.2, 0.25) is 0 Å². The van der Waals surface area contributed by atoms with Crippen LogP contribution >= 0.6 is 0 Å². The molecule has 1 heterocycles. The molecule has 152 valence electrons. The summed E-state index contributed by atoms with van der Waals surface area (Å²) < 4.78 is 5.50. The van der Waals surface area contributed by atoms with Crippen molar-refractivity contribution in [2.45, 2.75) is 39.2 Å². The van der Waals surface area contributed by atoms with Crippen LogP contribution in [0.5, 0.6) is 5.75 Å². The zero-order valence-electron chi connectivity index (χ0n) is 17.1. The van der Waals surface area contributed by atoms with Gasteiger partial charge >= 0.3 is 0 Å². The van der Waals surface area contributed by atoms with E-state index in [1.165, 1.54) is 0 Å². The quantitative estimate of drug-likeness (QED) is 0.323. The molecule has 29 heavy (non-hydrogen) atoms. The third-order valence-corrected chi connectivity index (χ3v) is 5.30. The number of hydrogen-bond donors (Lipinski definition) is 1. The van der Waals surface area contributed by atoms with Crippen LogP contribution in [0.25, 0.3) is 5.76 Å². The number of methoxy groups -OCH3 is 1. The van der Waals surface area contributed by atoms with Gasteiger partial charge in [0.25, 0.3) is 11.7 Å². The molecule has 0 spiro atoms. The Morgan fingerprint density at radius 3 is 2.41 bits per heavy atom. The molecule has 1 unspecified atom stereocenters. The number of likely N-dealkylation sites (tertiary alicyclic amines) is 1. The highest BCUT2D eigenvalue weighted by Gasteiger charge is 2.46. The molecule has 1 N–H and O–H groups in total. The first-order chi connectivity index (χ1) is 14.0. The summed E-state index contributed by atoms with van der Waals surface area (Å²) in [5, 5.41) is 11.0. The number of ether oxygens (including phenoxy) is 1. The van der Waals surface area contributed by atoms with Gasteiger partial charge in [0.15, 0.2) is 0 Å². The number of para-hydroxylation sites is 1. The summed E-state index contributed by atoms with van der Waals surface area (Å²) in [6.07, 6.45) is 2.76. The fourth-order valence-corrected chi connectivity index (χ4v) is 3.73. The van der Waals surface area contributed by atoms with Crippen molar-refractivity contribution >= 4 is 17.4 Å². The molecule has 2 aromatic carbocycles. The van der Waals surface area contributed by atoms with Crippen molar-refractivity contribution in [3.05, 3.63) is 70.8 Å². The van der Waals surface area contributed by atoms with Gasteiger partial charge < -0.3 is 14.7 Å². The zero-order chi connectivity index (χ0) is 21.0. The summed E-state index contributed by atoms with van der Waals surface area (Å²) in [6, 6.07) is 13.9. The SMILES string of the molecule is CCCCCN1C(=O)C(=O)/C(=C(\O)c2ccc(C)cc2)C1c1ccccc1OC. The van der Waals surface area contributed by atoms with Crippen molar-refractivity contribution in [3.8, 4) is 5.75 Å². The number of carbonyl (C=O) groups excluding carboxylic acids is 2. The van der Waals surface area contributed by atoms with Crippen LogP contribution in [-0.4, -0.2) is 35.4 Å². The lowest BCUT2D eigenvalue weighted by molar-refractivity contribution is -0.139. The molecule has 5 nitrogen and oxygen atoms in total. The Labute approximate surface area is 171 Å². The molecule has 0 aromatic heterocycles.